The highest BCUT2D eigenvalue weighted by Gasteiger charge is 2.23. The predicted molar refractivity (Wildman–Crippen MR) is 156 cm³/mol. The van der Waals surface area contributed by atoms with Crippen LogP contribution in [0.15, 0.2) is 84.0 Å². The molecule has 0 saturated carbocycles. The van der Waals surface area contributed by atoms with E-state index in [0.717, 1.165) is 18.8 Å². The van der Waals surface area contributed by atoms with Crippen LogP contribution < -0.4 is 15.0 Å². The van der Waals surface area contributed by atoms with Crippen molar-refractivity contribution in [3.63, 3.8) is 0 Å². The predicted octanol–water partition coefficient (Wildman–Crippen LogP) is 4.30. The average molecular weight is 577 g/mol. The summed E-state index contributed by atoms with van der Waals surface area (Å²) in [6.45, 7) is 3.05. The minimum absolute atomic E-state index is 0.0488. The van der Waals surface area contributed by atoms with E-state index < -0.39 is 0 Å². The number of amides is 2. The summed E-state index contributed by atoms with van der Waals surface area (Å²) in [5, 5.41) is 12.7. The molecule has 9 nitrogen and oxygen atoms in total. The quantitative estimate of drug-likeness (QED) is 0.297. The first-order chi connectivity index (χ1) is 19.5. The number of anilines is 1. The van der Waals surface area contributed by atoms with Gasteiger partial charge in [-0.3, -0.25) is 14.2 Å². The van der Waals surface area contributed by atoms with E-state index >= 15 is 0 Å². The molecule has 0 aliphatic carbocycles. The number of halogens is 1. The number of nitrogens with zero attached hydrogens (tertiary/aromatic N) is 5. The van der Waals surface area contributed by atoms with Crippen molar-refractivity contribution >= 4 is 40.9 Å². The van der Waals surface area contributed by atoms with Crippen molar-refractivity contribution in [3.05, 3.63) is 95.3 Å². The number of carbonyl (C=O) groups is 2. The number of nitrogens with one attached hydrogen (secondary N) is 1. The molecule has 4 aromatic rings. The number of ether oxygens (including phenoxy) is 1. The van der Waals surface area contributed by atoms with Crippen LogP contribution in [0.1, 0.15) is 16.2 Å². The summed E-state index contributed by atoms with van der Waals surface area (Å²) < 4.78 is 6.99. The van der Waals surface area contributed by atoms with Gasteiger partial charge in [-0.15, -0.1) is 10.2 Å². The summed E-state index contributed by atoms with van der Waals surface area (Å²) in [5.74, 6) is 1.22. The third-order valence-corrected chi connectivity index (χ3v) is 7.75. The third kappa shape index (κ3) is 6.57. The van der Waals surface area contributed by atoms with Gasteiger partial charge in [0.25, 0.3) is 5.91 Å². The second-order valence-electron chi connectivity index (χ2n) is 9.12. The van der Waals surface area contributed by atoms with E-state index in [-0.39, 0.29) is 24.1 Å². The number of carbonyl (C=O) groups excluding carboxylic acids is 2. The summed E-state index contributed by atoms with van der Waals surface area (Å²) in [4.78, 5) is 30.0. The van der Waals surface area contributed by atoms with Crippen molar-refractivity contribution in [2.75, 3.05) is 43.9 Å². The molecular weight excluding hydrogens is 548 g/mol. The SMILES string of the molecule is COc1ccc(C(=O)NCc2nnc(SCC(=O)N3CCN(c4ccccc4)CC3)n2-c2cccc(Cl)c2)cc1. The van der Waals surface area contributed by atoms with Crippen LogP contribution in [0.25, 0.3) is 5.69 Å². The average Bonchev–Trinajstić information content (AvgIpc) is 3.42. The number of methoxy groups -OCH3 is 1. The molecule has 0 spiro atoms. The lowest BCUT2D eigenvalue weighted by Crippen LogP contribution is -2.49. The van der Waals surface area contributed by atoms with Gasteiger partial charge in [0.05, 0.1) is 25.1 Å². The number of piperazine rings is 1. The Kier molecular flexibility index (Phi) is 8.87. The molecule has 1 fully saturated rings. The van der Waals surface area contributed by atoms with Gasteiger partial charge in [0, 0.05) is 42.5 Å². The molecule has 2 heterocycles. The fourth-order valence-corrected chi connectivity index (χ4v) is 5.52. The Morgan fingerprint density at radius 1 is 0.925 bits per heavy atom. The van der Waals surface area contributed by atoms with Crippen molar-refractivity contribution in [2.24, 2.45) is 0 Å². The molecule has 1 aromatic heterocycles. The second kappa shape index (κ2) is 12.9. The van der Waals surface area contributed by atoms with Crippen LogP contribution in [0.3, 0.4) is 0 Å². The highest BCUT2D eigenvalue weighted by atomic mass is 35.5. The van der Waals surface area contributed by atoms with Crippen LogP contribution in [0.2, 0.25) is 5.02 Å². The molecule has 0 radical (unpaired) electrons. The van der Waals surface area contributed by atoms with Crippen molar-refractivity contribution in [1.29, 1.82) is 0 Å². The van der Waals surface area contributed by atoms with Gasteiger partial charge in [-0.05, 0) is 54.6 Å². The normalized spacial score (nSPS) is 13.2. The molecular formula is C29H29ClN6O3S. The van der Waals surface area contributed by atoms with Gasteiger partial charge in [0.1, 0.15) is 5.75 Å². The molecule has 5 rings (SSSR count). The Bertz CT molecular complexity index is 1460. The van der Waals surface area contributed by atoms with Crippen LogP contribution in [0.4, 0.5) is 5.69 Å². The van der Waals surface area contributed by atoms with Crippen molar-refractivity contribution in [3.8, 4) is 11.4 Å². The van der Waals surface area contributed by atoms with E-state index in [2.05, 4.69) is 32.5 Å². The number of hydrogen-bond acceptors (Lipinski definition) is 7. The number of para-hydroxylation sites is 1. The van der Waals surface area contributed by atoms with Crippen molar-refractivity contribution in [1.82, 2.24) is 25.0 Å². The van der Waals surface area contributed by atoms with E-state index in [1.165, 1.54) is 17.4 Å². The van der Waals surface area contributed by atoms with Crippen LogP contribution in [-0.2, 0) is 11.3 Å². The van der Waals surface area contributed by atoms with Crippen molar-refractivity contribution in [2.45, 2.75) is 11.7 Å². The van der Waals surface area contributed by atoms with Gasteiger partial charge < -0.3 is 19.9 Å². The molecule has 3 aromatic carbocycles. The van der Waals surface area contributed by atoms with E-state index in [1.54, 1.807) is 43.5 Å². The van der Waals surface area contributed by atoms with E-state index in [1.807, 2.05) is 39.8 Å². The van der Waals surface area contributed by atoms with Gasteiger partial charge in [0.2, 0.25) is 5.91 Å². The minimum Gasteiger partial charge on any atom is -0.497 e. The van der Waals surface area contributed by atoms with Crippen LogP contribution in [-0.4, -0.2) is 70.5 Å². The van der Waals surface area contributed by atoms with Crippen molar-refractivity contribution < 1.29 is 14.3 Å². The Balaban J connectivity index is 1.25. The molecule has 206 valence electrons. The lowest BCUT2D eigenvalue weighted by Gasteiger charge is -2.36. The lowest BCUT2D eigenvalue weighted by atomic mass is 10.2. The molecule has 11 heteroatoms. The van der Waals surface area contributed by atoms with Crippen LogP contribution >= 0.6 is 23.4 Å². The van der Waals surface area contributed by atoms with Gasteiger partial charge in [0.15, 0.2) is 11.0 Å². The number of thioether (sulfide) groups is 1. The smallest absolute Gasteiger partial charge is 0.251 e. The fourth-order valence-electron chi connectivity index (χ4n) is 4.46. The van der Waals surface area contributed by atoms with Crippen LogP contribution in [0.5, 0.6) is 5.75 Å². The first-order valence-electron chi connectivity index (χ1n) is 12.8. The maximum Gasteiger partial charge on any atom is 0.251 e. The first-order valence-corrected chi connectivity index (χ1v) is 14.2. The third-order valence-electron chi connectivity index (χ3n) is 6.60. The Labute approximate surface area is 242 Å². The number of rotatable bonds is 9. The highest BCUT2D eigenvalue weighted by molar-refractivity contribution is 7.99. The van der Waals surface area contributed by atoms with Gasteiger partial charge in [-0.1, -0.05) is 47.6 Å². The molecule has 1 aliphatic heterocycles. The summed E-state index contributed by atoms with van der Waals surface area (Å²) in [6.07, 6.45) is 0. The molecule has 0 atom stereocenters. The molecule has 2 amide bonds. The summed E-state index contributed by atoms with van der Waals surface area (Å²) in [7, 11) is 1.58. The minimum atomic E-state index is -0.248. The van der Waals surface area contributed by atoms with E-state index in [9.17, 15) is 9.59 Å². The fraction of sp³-hybridized carbons (Fsp3) is 0.241. The molecule has 1 aliphatic rings. The molecule has 0 unspecified atom stereocenters. The van der Waals surface area contributed by atoms with Crippen LogP contribution in [0, 0.1) is 0 Å². The zero-order valence-corrected chi connectivity index (χ0v) is 23.6. The van der Waals surface area contributed by atoms with Gasteiger partial charge in [-0.2, -0.15) is 0 Å². The summed E-state index contributed by atoms with van der Waals surface area (Å²) in [5.41, 5.74) is 2.42. The Morgan fingerprint density at radius 2 is 1.65 bits per heavy atom. The summed E-state index contributed by atoms with van der Waals surface area (Å²) in [6, 6.07) is 24.4. The Morgan fingerprint density at radius 3 is 2.35 bits per heavy atom. The molecule has 1 saturated heterocycles. The largest absolute Gasteiger partial charge is 0.497 e. The molecule has 1 N–H and O–H groups in total. The standard InChI is InChI=1S/C29H29ClN6O3S/c1-39-25-12-10-21(11-13-25)28(38)31-19-26-32-33-29(36(26)24-9-5-6-22(30)18-24)40-20-27(37)35-16-14-34(15-17-35)23-7-3-2-4-8-23/h2-13,18H,14-17,19-20H2,1H3,(H,31,38). The topological polar surface area (TPSA) is 92.6 Å². The lowest BCUT2D eigenvalue weighted by molar-refractivity contribution is -0.128. The maximum absolute atomic E-state index is 13.1. The van der Waals surface area contributed by atoms with E-state index in [0.29, 0.717) is 40.4 Å². The second-order valence-corrected chi connectivity index (χ2v) is 10.5. The monoisotopic (exact) mass is 576 g/mol. The number of hydrogen-bond donors (Lipinski definition) is 1. The Hall–Kier alpha value is -4.02. The summed E-state index contributed by atoms with van der Waals surface area (Å²) >= 11 is 7.60. The zero-order valence-electron chi connectivity index (χ0n) is 22.0. The van der Waals surface area contributed by atoms with Gasteiger partial charge in [-0.25, -0.2) is 0 Å². The zero-order chi connectivity index (χ0) is 27.9. The van der Waals surface area contributed by atoms with E-state index in [4.69, 9.17) is 16.3 Å². The first kappa shape index (κ1) is 27.5. The highest BCUT2D eigenvalue weighted by Crippen LogP contribution is 2.25. The molecule has 40 heavy (non-hydrogen) atoms. The number of aromatic nitrogens is 3. The number of benzene rings is 3. The maximum atomic E-state index is 13.1. The molecule has 0 bridgehead atoms. The van der Waals surface area contributed by atoms with Gasteiger partial charge >= 0.3 is 0 Å².